The largest absolute Gasteiger partial charge is 0.355 e. The first-order chi connectivity index (χ1) is 10.6. The number of anilines is 1. The van der Waals surface area contributed by atoms with Crippen molar-refractivity contribution in [2.75, 3.05) is 30.8 Å². The fourth-order valence-corrected chi connectivity index (χ4v) is 3.46. The third-order valence-electron chi connectivity index (χ3n) is 4.14. The number of rotatable bonds is 5. The molecule has 0 saturated carbocycles. The van der Waals surface area contributed by atoms with Gasteiger partial charge >= 0.3 is 0 Å². The van der Waals surface area contributed by atoms with Crippen LogP contribution in [0.5, 0.6) is 0 Å². The number of hydrogen-bond donors (Lipinski definition) is 1. The molecule has 118 valence electrons. The van der Waals surface area contributed by atoms with Crippen molar-refractivity contribution in [1.82, 2.24) is 14.7 Å². The van der Waals surface area contributed by atoms with E-state index in [1.807, 2.05) is 18.5 Å². The third-order valence-corrected chi connectivity index (χ3v) is 4.81. The fraction of sp³-hybridized carbons (Fsp3) is 0.500. The molecular formula is C16H21ClN4S. The van der Waals surface area contributed by atoms with Gasteiger partial charge in [-0.15, -0.1) is 0 Å². The van der Waals surface area contributed by atoms with Crippen LogP contribution in [-0.4, -0.2) is 35.9 Å². The second-order valence-corrected chi connectivity index (χ2v) is 7.15. The summed E-state index contributed by atoms with van der Waals surface area (Å²) in [5.74, 6) is 2.13. The van der Waals surface area contributed by atoms with E-state index in [0.717, 1.165) is 30.8 Å². The predicted octanol–water partition coefficient (Wildman–Crippen LogP) is 3.71. The van der Waals surface area contributed by atoms with Crippen LogP contribution in [0.15, 0.2) is 18.5 Å². The zero-order valence-corrected chi connectivity index (χ0v) is 14.7. The van der Waals surface area contributed by atoms with Gasteiger partial charge in [-0.3, -0.25) is 4.72 Å². The molecule has 0 amide bonds. The van der Waals surface area contributed by atoms with Crippen LogP contribution in [-0.2, 0) is 0 Å². The molecule has 1 fully saturated rings. The SMILES string of the molecule is CSNCC1CN(c2ncc(C(C)C)c3cc(Cl)ncc23)C1. The van der Waals surface area contributed by atoms with Crippen molar-refractivity contribution in [3.05, 3.63) is 29.2 Å². The lowest BCUT2D eigenvalue weighted by atomic mass is 9.97. The molecule has 22 heavy (non-hydrogen) atoms. The summed E-state index contributed by atoms with van der Waals surface area (Å²) in [7, 11) is 0. The van der Waals surface area contributed by atoms with Crippen molar-refractivity contribution in [2.45, 2.75) is 19.8 Å². The van der Waals surface area contributed by atoms with Gasteiger partial charge in [0, 0.05) is 43.3 Å². The average molecular weight is 337 g/mol. The molecule has 1 aliphatic heterocycles. The molecule has 1 saturated heterocycles. The third kappa shape index (κ3) is 3.03. The Kier molecular flexibility index (Phi) is 4.76. The van der Waals surface area contributed by atoms with E-state index in [4.69, 9.17) is 16.6 Å². The first kappa shape index (κ1) is 15.8. The molecule has 0 spiro atoms. The minimum absolute atomic E-state index is 0.414. The van der Waals surface area contributed by atoms with Crippen LogP contribution in [0.3, 0.4) is 0 Å². The van der Waals surface area contributed by atoms with Crippen molar-refractivity contribution in [2.24, 2.45) is 5.92 Å². The second kappa shape index (κ2) is 6.60. The Labute approximate surface area is 140 Å². The molecule has 0 atom stereocenters. The monoisotopic (exact) mass is 336 g/mol. The number of pyridine rings is 2. The minimum atomic E-state index is 0.414. The normalized spacial score (nSPS) is 15.6. The van der Waals surface area contributed by atoms with Gasteiger partial charge in [-0.25, -0.2) is 9.97 Å². The van der Waals surface area contributed by atoms with Crippen molar-refractivity contribution in [1.29, 1.82) is 0 Å². The Bertz CT molecular complexity index is 670. The highest BCUT2D eigenvalue weighted by molar-refractivity contribution is 7.96. The first-order valence-corrected chi connectivity index (χ1v) is 9.15. The molecule has 3 heterocycles. The lowest BCUT2D eigenvalue weighted by Crippen LogP contribution is -2.50. The lowest BCUT2D eigenvalue weighted by molar-refractivity contribution is 0.409. The van der Waals surface area contributed by atoms with E-state index in [9.17, 15) is 0 Å². The Hall–Kier alpha value is -1.04. The van der Waals surface area contributed by atoms with E-state index in [-0.39, 0.29) is 0 Å². The van der Waals surface area contributed by atoms with Gasteiger partial charge in [-0.05, 0) is 29.2 Å². The van der Waals surface area contributed by atoms with Crippen molar-refractivity contribution >= 4 is 40.1 Å². The molecule has 0 unspecified atom stereocenters. The number of halogens is 1. The summed E-state index contributed by atoms with van der Waals surface area (Å²) in [5, 5.41) is 2.81. The summed E-state index contributed by atoms with van der Waals surface area (Å²) in [6, 6.07) is 1.96. The Balaban J connectivity index is 1.90. The van der Waals surface area contributed by atoms with Crippen LogP contribution in [0.4, 0.5) is 5.82 Å². The zero-order chi connectivity index (χ0) is 15.7. The zero-order valence-electron chi connectivity index (χ0n) is 13.1. The molecule has 3 rings (SSSR count). The molecular weight excluding hydrogens is 316 g/mol. The molecule has 0 bridgehead atoms. The van der Waals surface area contributed by atoms with E-state index in [1.165, 1.54) is 10.9 Å². The number of nitrogens with zero attached hydrogens (tertiary/aromatic N) is 3. The summed E-state index contributed by atoms with van der Waals surface area (Å²) >= 11 is 7.78. The highest BCUT2D eigenvalue weighted by atomic mass is 35.5. The summed E-state index contributed by atoms with van der Waals surface area (Å²) in [6.45, 7) is 7.48. The van der Waals surface area contributed by atoms with Gasteiger partial charge in [0.2, 0.25) is 0 Å². The van der Waals surface area contributed by atoms with Crippen LogP contribution in [0.2, 0.25) is 5.15 Å². The molecule has 2 aromatic rings. The topological polar surface area (TPSA) is 41.0 Å². The van der Waals surface area contributed by atoms with Gasteiger partial charge in [-0.2, -0.15) is 0 Å². The first-order valence-electron chi connectivity index (χ1n) is 7.55. The molecule has 4 nitrogen and oxygen atoms in total. The molecule has 2 aromatic heterocycles. The fourth-order valence-electron chi connectivity index (χ4n) is 2.90. The highest BCUT2D eigenvalue weighted by Crippen LogP contribution is 2.34. The van der Waals surface area contributed by atoms with Crippen LogP contribution in [0.25, 0.3) is 10.8 Å². The second-order valence-electron chi connectivity index (χ2n) is 6.07. The number of aromatic nitrogens is 2. The maximum absolute atomic E-state index is 6.10. The summed E-state index contributed by atoms with van der Waals surface area (Å²) in [6.07, 6.45) is 5.91. The summed E-state index contributed by atoms with van der Waals surface area (Å²) in [5.41, 5.74) is 1.23. The van der Waals surface area contributed by atoms with Crippen LogP contribution in [0.1, 0.15) is 25.3 Å². The molecule has 6 heteroatoms. The molecule has 1 N–H and O–H groups in total. The van der Waals surface area contributed by atoms with E-state index in [0.29, 0.717) is 17.0 Å². The van der Waals surface area contributed by atoms with Gasteiger partial charge in [0.1, 0.15) is 11.0 Å². The molecule has 0 aromatic carbocycles. The van der Waals surface area contributed by atoms with Crippen LogP contribution >= 0.6 is 23.5 Å². The Morgan fingerprint density at radius 3 is 2.77 bits per heavy atom. The number of nitrogens with one attached hydrogen (secondary N) is 1. The quantitative estimate of drug-likeness (QED) is 0.666. The van der Waals surface area contributed by atoms with Gasteiger partial charge in [0.25, 0.3) is 0 Å². The average Bonchev–Trinajstić information content (AvgIpc) is 2.44. The summed E-state index contributed by atoms with van der Waals surface area (Å²) < 4.78 is 3.33. The molecule has 1 aliphatic rings. The maximum Gasteiger partial charge on any atom is 0.138 e. The van der Waals surface area contributed by atoms with Crippen molar-refractivity contribution < 1.29 is 0 Å². The van der Waals surface area contributed by atoms with Gasteiger partial charge in [0.15, 0.2) is 0 Å². The molecule has 0 aliphatic carbocycles. The number of fused-ring (bicyclic) bond motifs is 1. The van der Waals surface area contributed by atoms with Crippen molar-refractivity contribution in [3.8, 4) is 0 Å². The highest BCUT2D eigenvalue weighted by Gasteiger charge is 2.29. The Morgan fingerprint density at radius 2 is 2.09 bits per heavy atom. The lowest BCUT2D eigenvalue weighted by Gasteiger charge is -2.40. The predicted molar refractivity (Wildman–Crippen MR) is 95.9 cm³/mol. The van der Waals surface area contributed by atoms with Gasteiger partial charge in [-0.1, -0.05) is 37.4 Å². The van der Waals surface area contributed by atoms with Gasteiger partial charge in [0.05, 0.1) is 0 Å². The van der Waals surface area contributed by atoms with Crippen LogP contribution in [0, 0.1) is 5.92 Å². The van der Waals surface area contributed by atoms with E-state index in [2.05, 4.69) is 34.7 Å². The summed E-state index contributed by atoms with van der Waals surface area (Å²) in [4.78, 5) is 11.3. The van der Waals surface area contributed by atoms with E-state index in [1.54, 1.807) is 11.9 Å². The standard InChI is InChI=1S/C16H21ClN4S/c1-10(2)13-6-19-16(14-7-18-15(17)4-12(13)14)21-8-11(9-21)5-20-22-3/h4,6-7,10-11,20H,5,8-9H2,1-3H3. The molecule has 0 radical (unpaired) electrons. The van der Waals surface area contributed by atoms with Crippen LogP contribution < -0.4 is 9.62 Å². The van der Waals surface area contributed by atoms with E-state index < -0.39 is 0 Å². The number of hydrogen-bond acceptors (Lipinski definition) is 5. The van der Waals surface area contributed by atoms with Gasteiger partial charge < -0.3 is 4.90 Å². The van der Waals surface area contributed by atoms with Crippen molar-refractivity contribution in [3.63, 3.8) is 0 Å². The smallest absolute Gasteiger partial charge is 0.138 e. The van der Waals surface area contributed by atoms with E-state index >= 15 is 0 Å². The Morgan fingerprint density at radius 1 is 1.32 bits per heavy atom. The minimum Gasteiger partial charge on any atom is -0.355 e. The maximum atomic E-state index is 6.10.